The van der Waals surface area contributed by atoms with E-state index in [0.717, 1.165) is 44.4 Å². The number of carbonyl (C=O) groups excluding carboxylic acids is 2. The van der Waals surface area contributed by atoms with Crippen LogP contribution in [0.1, 0.15) is 35.1 Å². The summed E-state index contributed by atoms with van der Waals surface area (Å²) >= 11 is 0. The third-order valence-corrected chi connectivity index (χ3v) is 10.5. The zero-order chi connectivity index (χ0) is 44.5. The number of fused-ring (bicyclic) bond motifs is 2. The molecule has 16 nitrogen and oxygen atoms in total. The van der Waals surface area contributed by atoms with Crippen molar-refractivity contribution in [2.24, 2.45) is 0 Å². The Balaban J connectivity index is 0.000000186. The molecule has 24 heteroatoms. The second-order valence-electron chi connectivity index (χ2n) is 14.5. The van der Waals surface area contributed by atoms with Crippen LogP contribution in [0, 0.1) is 34.3 Å². The molecule has 0 unspecified atom stereocenters. The Morgan fingerprint density at radius 1 is 0.581 bits per heavy atom. The lowest BCUT2D eigenvalue weighted by atomic mass is 9.87. The average molecular weight is 873 g/mol. The molecule has 2 fully saturated rings. The second-order valence-corrected chi connectivity index (χ2v) is 14.5. The smallest absolute Gasteiger partial charge is 0.307 e. The van der Waals surface area contributed by atoms with Crippen molar-refractivity contribution in [2.45, 2.75) is 49.1 Å². The molecule has 0 spiro atoms. The van der Waals surface area contributed by atoms with Crippen LogP contribution in [0.2, 0.25) is 0 Å². The van der Waals surface area contributed by atoms with Crippen molar-refractivity contribution in [3.8, 4) is 23.6 Å². The fourth-order valence-electron chi connectivity index (χ4n) is 7.28. The van der Waals surface area contributed by atoms with Crippen molar-refractivity contribution < 1.29 is 54.2 Å². The van der Waals surface area contributed by atoms with Gasteiger partial charge in [-0.1, -0.05) is 0 Å². The highest BCUT2D eigenvalue weighted by atomic mass is 19.3. The summed E-state index contributed by atoms with van der Waals surface area (Å²) < 4.78 is 128. The van der Waals surface area contributed by atoms with E-state index in [2.05, 4.69) is 29.9 Å². The van der Waals surface area contributed by atoms with Gasteiger partial charge in [0.2, 0.25) is 11.9 Å². The fraction of sp³-hybridized carbons (Fsp3) is 0.421. The standard InChI is InChI=1S/2C19H16F4N6O2/c2*20-14-8-26-17(27-9-14)29-2-1-18(21,19(22,23)11-29)16(30)28-3-4-31-15-12(5-24)6-25-7-13(15)10-28/h2*6-9H,1-4,10-11H2/t2*18-/m10/s1. The van der Waals surface area contributed by atoms with Gasteiger partial charge in [0.1, 0.15) is 48.0 Å². The molecule has 2 atom stereocenters. The molecule has 4 aromatic heterocycles. The van der Waals surface area contributed by atoms with Gasteiger partial charge in [0.05, 0.1) is 64.1 Å². The lowest BCUT2D eigenvalue weighted by molar-refractivity contribution is -0.183. The summed E-state index contributed by atoms with van der Waals surface area (Å²) in [4.78, 5) is 52.1. The first-order valence-electron chi connectivity index (χ1n) is 18.7. The molecule has 0 saturated carbocycles. The fourth-order valence-corrected chi connectivity index (χ4v) is 7.28. The first-order chi connectivity index (χ1) is 29.5. The number of aromatic nitrogens is 6. The molecule has 4 aliphatic rings. The van der Waals surface area contributed by atoms with Crippen LogP contribution in [0.15, 0.2) is 49.6 Å². The number of pyridine rings is 2. The Bertz CT molecular complexity index is 2260. The third-order valence-electron chi connectivity index (χ3n) is 10.5. The lowest BCUT2D eigenvalue weighted by Gasteiger charge is -2.43. The van der Waals surface area contributed by atoms with Gasteiger partial charge in [0, 0.05) is 61.8 Å². The van der Waals surface area contributed by atoms with Crippen LogP contribution in [-0.4, -0.2) is 127 Å². The second kappa shape index (κ2) is 16.8. The molecule has 324 valence electrons. The molecule has 8 rings (SSSR count). The van der Waals surface area contributed by atoms with Gasteiger partial charge in [-0.05, 0) is 0 Å². The number of ether oxygens (including phenoxy) is 2. The number of amides is 2. The summed E-state index contributed by atoms with van der Waals surface area (Å²) in [6.45, 7) is -3.68. The third kappa shape index (κ3) is 8.11. The van der Waals surface area contributed by atoms with Crippen LogP contribution < -0.4 is 19.3 Å². The van der Waals surface area contributed by atoms with E-state index in [0.29, 0.717) is 11.1 Å². The predicted molar refractivity (Wildman–Crippen MR) is 195 cm³/mol. The lowest BCUT2D eigenvalue weighted by Crippen LogP contribution is -2.65. The molecule has 0 aromatic carbocycles. The molecule has 2 saturated heterocycles. The highest BCUT2D eigenvalue weighted by Gasteiger charge is 2.65. The Morgan fingerprint density at radius 3 is 1.29 bits per heavy atom. The van der Waals surface area contributed by atoms with Crippen molar-refractivity contribution in [1.82, 2.24) is 39.7 Å². The minimum absolute atomic E-state index is 0.0887. The molecular formula is C38H32F8N12O4. The van der Waals surface area contributed by atoms with Crippen LogP contribution in [-0.2, 0) is 22.7 Å². The maximum atomic E-state index is 15.6. The van der Waals surface area contributed by atoms with Gasteiger partial charge in [-0.2, -0.15) is 10.5 Å². The Labute approximate surface area is 346 Å². The van der Waals surface area contributed by atoms with E-state index >= 15 is 8.78 Å². The average Bonchev–Trinajstić information content (AvgIpc) is 3.62. The number of halogens is 8. The molecule has 0 aliphatic carbocycles. The van der Waals surface area contributed by atoms with Crippen LogP contribution >= 0.6 is 0 Å². The number of nitrogens with zero attached hydrogens (tertiary/aromatic N) is 12. The Hall–Kier alpha value is -6.98. The maximum absolute atomic E-state index is 15.6. The first kappa shape index (κ1) is 43.1. The van der Waals surface area contributed by atoms with E-state index in [1.807, 2.05) is 12.1 Å². The summed E-state index contributed by atoms with van der Waals surface area (Å²) in [5, 5.41) is 18.3. The van der Waals surface area contributed by atoms with Crippen LogP contribution in [0.5, 0.6) is 11.5 Å². The first-order valence-corrected chi connectivity index (χ1v) is 18.7. The Morgan fingerprint density at radius 2 is 0.952 bits per heavy atom. The van der Waals surface area contributed by atoms with E-state index in [1.165, 1.54) is 24.8 Å². The van der Waals surface area contributed by atoms with Crippen molar-refractivity contribution >= 4 is 23.7 Å². The molecule has 4 aromatic rings. The van der Waals surface area contributed by atoms with Gasteiger partial charge in [-0.15, -0.1) is 0 Å². The molecule has 0 bridgehead atoms. The maximum Gasteiger partial charge on any atom is 0.307 e. The zero-order valence-electron chi connectivity index (χ0n) is 32.1. The minimum Gasteiger partial charge on any atom is -0.490 e. The topological polar surface area (TPSA) is 190 Å². The highest BCUT2D eigenvalue weighted by Crippen LogP contribution is 2.44. The van der Waals surface area contributed by atoms with Gasteiger partial charge >= 0.3 is 11.8 Å². The number of hydrogen-bond acceptors (Lipinski definition) is 14. The molecule has 0 N–H and O–H groups in total. The van der Waals surface area contributed by atoms with Gasteiger partial charge in [0.25, 0.3) is 23.2 Å². The van der Waals surface area contributed by atoms with Gasteiger partial charge < -0.3 is 29.1 Å². The molecule has 2 amide bonds. The van der Waals surface area contributed by atoms with E-state index in [9.17, 15) is 35.9 Å². The molecule has 0 radical (unpaired) electrons. The van der Waals surface area contributed by atoms with Crippen molar-refractivity contribution in [3.63, 3.8) is 0 Å². The SMILES string of the molecule is N#Cc1cncc2c1OCCN(C(=O)[C@@]1(F)CCN(c3ncc(F)cn3)CC1(F)F)C2.N#Cc1cncc2c1OCCN(C(=O)[C@]1(F)CCN(c3ncc(F)cn3)CC1(F)F)C2. The quantitative estimate of drug-likeness (QED) is 0.270. The molecule has 4 aliphatic heterocycles. The van der Waals surface area contributed by atoms with Crippen molar-refractivity contribution in [1.29, 1.82) is 10.5 Å². The van der Waals surface area contributed by atoms with Crippen LogP contribution in [0.3, 0.4) is 0 Å². The normalized spacial score (nSPS) is 22.7. The highest BCUT2D eigenvalue weighted by molar-refractivity contribution is 5.88. The predicted octanol–water partition coefficient (Wildman–Crippen LogP) is 3.71. The number of hydrogen-bond donors (Lipinski definition) is 0. The molecule has 8 heterocycles. The summed E-state index contributed by atoms with van der Waals surface area (Å²) in [6, 6.07) is 3.82. The van der Waals surface area contributed by atoms with E-state index in [1.54, 1.807) is 0 Å². The number of piperidine rings is 2. The number of nitriles is 2. The van der Waals surface area contributed by atoms with Crippen molar-refractivity contribution in [3.05, 3.63) is 83.5 Å². The van der Waals surface area contributed by atoms with E-state index in [4.69, 9.17) is 20.0 Å². The molecule has 62 heavy (non-hydrogen) atoms. The summed E-state index contributed by atoms with van der Waals surface area (Å²) in [7, 11) is 0. The molecular weight excluding hydrogens is 840 g/mol. The zero-order valence-corrected chi connectivity index (χ0v) is 32.1. The van der Waals surface area contributed by atoms with Gasteiger partial charge in [-0.3, -0.25) is 19.6 Å². The number of carbonyl (C=O) groups is 2. The minimum atomic E-state index is -4.05. The van der Waals surface area contributed by atoms with Crippen LogP contribution in [0.25, 0.3) is 0 Å². The monoisotopic (exact) mass is 872 g/mol. The van der Waals surface area contributed by atoms with Crippen molar-refractivity contribution in [2.75, 3.05) is 62.3 Å². The number of rotatable bonds is 4. The Kier molecular flexibility index (Phi) is 11.7. The largest absolute Gasteiger partial charge is 0.490 e. The number of alkyl halides is 6. The van der Waals surface area contributed by atoms with E-state index < -0.39 is 72.6 Å². The van der Waals surface area contributed by atoms with Gasteiger partial charge in [-0.25, -0.2) is 55.1 Å². The summed E-state index contributed by atoms with van der Waals surface area (Å²) in [5.74, 6) is -12.3. The van der Waals surface area contributed by atoms with E-state index in [-0.39, 0.29) is 87.0 Å². The summed E-state index contributed by atoms with van der Waals surface area (Å²) in [6.07, 6.45) is 6.94. The van der Waals surface area contributed by atoms with Gasteiger partial charge in [0.15, 0.2) is 11.6 Å². The summed E-state index contributed by atoms with van der Waals surface area (Å²) in [5.41, 5.74) is -5.97. The van der Waals surface area contributed by atoms with Crippen LogP contribution in [0.4, 0.5) is 47.0 Å². The number of anilines is 2.